The van der Waals surface area contributed by atoms with Crippen LogP contribution < -0.4 is 0 Å². The van der Waals surface area contributed by atoms with E-state index in [2.05, 4.69) is 6.07 Å². The van der Waals surface area contributed by atoms with E-state index in [-0.39, 0.29) is 30.7 Å². The Hall–Kier alpha value is -2.95. The fourth-order valence-electron chi connectivity index (χ4n) is 3.52. The van der Waals surface area contributed by atoms with E-state index in [1.807, 2.05) is 18.2 Å². The molecule has 0 bridgehead atoms. The van der Waals surface area contributed by atoms with Gasteiger partial charge in [-0.2, -0.15) is 0 Å². The van der Waals surface area contributed by atoms with Gasteiger partial charge in [-0.1, -0.05) is 36.4 Å². The van der Waals surface area contributed by atoms with Gasteiger partial charge in [-0.25, -0.2) is 0 Å². The molecule has 126 valence electrons. The summed E-state index contributed by atoms with van der Waals surface area (Å²) in [5.41, 5.74) is 3.30. The van der Waals surface area contributed by atoms with Crippen molar-refractivity contribution >= 4 is 17.7 Å². The molecule has 0 atom stereocenters. The highest BCUT2D eigenvalue weighted by molar-refractivity contribution is 6.21. The molecule has 3 amide bonds. The van der Waals surface area contributed by atoms with Crippen molar-refractivity contribution in [1.29, 1.82) is 0 Å². The van der Waals surface area contributed by atoms with E-state index in [1.54, 1.807) is 29.2 Å². The number of amides is 3. The van der Waals surface area contributed by atoms with Crippen LogP contribution in [0.15, 0.2) is 48.5 Å². The predicted octanol–water partition coefficient (Wildman–Crippen LogP) is 2.26. The third-order valence-corrected chi connectivity index (χ3v) is 4.91. The number of carbonyl (C=O) groups excluding carboxylic acids is 3. The number of carbonyl (C=O) groups is 3. The largest absolute Gasteiger partial charge is 0.338 e. The average Bonchev–Trinajstić information content (AvgIpc) is 2.90. The first-order valence-corrected chi connectivity index (χ1v) is 8.45. The fourth-order valence-corrected chi connectivity index (χ4v) is 3.52. The van der Waals surface area contributed by atoms with Gasteiger partial charge in [0.2, 0.25) is 5.91 Å². The van der Waals surface area contributed by atoms with Crippen LogP contribution in [0, 0.1) is 0 Å². The second-order valence-corrected chi connectivity index (χ2v) is 6.39. The topological polar surface area (TPSA) is 57.7 Å². The molecule has 2 aliphatic heterocycles. The van der Waals surface area contributed by atoms with Crippen molar-refractivity contribution in [2.24, 2.45) is 0 Å². The number of nitrogens with zero attached hydrogens (tertiary/aromatic N) is 2. The maximum atomic E-state index is 12.5. The Morgan fingerprint density at radius 1 is 0.880 bits per heavy atom. The van der Waals surface area contributed by atoms with Crippen LogP contribution in [0.25, 0.3) is 0 Å². The first-order valence-electron chi connectivity index (χ1n) is 8.45. The van der Waals surface area contributed by atoms with Crippen molar-refractivity contribution < 1.29 is 14.4 Å². The Morgan fingerprint density at radius 2 is 1.48 bits per heavy atom. The average molecular weight is 334 g/mol. The first-order chi connectivity index (χ1) is 12.1. The molecule has 0 saturated carbocycles. The van der Waals surface area contributed by atoms with E-state index < -0.39 is 0 Å². The van der Waals surface area contributed by atoms with Crippen molar-refractivity contribution in [3.8, 4) is 0 Å². The molecule has 5 nitrogen and oxygen atoms in total. The molecule has 2 heterocycles. The van der Waals surface area contributed by atoms with Gasteiger partial charge in [0.25, 0.3) is 11.8 Å². The fraction of sp³-hybridized carbons (Fsp3) is 0.250. The molecule has 4 rings (SSSR count). The van der Waals surface area contributed by atoms with Crippen molar-refractivity contribution in [3.63, 3.8) is 0 Å². The van der Waals surface area contributed by atoms with Crippen LogP contribution in [0.4, 0.5) is 0 Å². The van der Waals surface area contributed by atoms with Gasteiger partial charge < -0.3 is 4.90 Å². The van der Waals surface area contributed by atoms with Crippen molar-refractivity contribution in [2.75, 3.05) is 13.1 Å². The number of benzene rings is 2. The second kappa shape index (κ2) is 6.16. The highest BCUT2D eigenvalue weighted by Gasteiger charge is 2.35. The Labute approximate surface area is 145 Å². The Bertz CT molecular complexity index is 840. The van der Waals surface area contributed by atoms with Gasteiger partial charge >= 0.3 is 0 Å². The summed E-state index contributed by atoms with van der Waals surface area (Å²) in [7, 11) is 0. The number of imide groups is 1. The van der Waals surface area contributed by atoms with E-state index >= 15 is 0 Å². The van der Waals surface area contributed by atoms with Gasteiger partial charge in [0.1, 0.15) is 0 Å². The molecule has 0 aliphatic carbocycles. The summed E-state index contributed by atoms with van der Waals surface area (Å²) in [5, 5.41) is 0. The number of rotatable bonds is 3. The van der Waals surface area contributed by atoms with Crippen molar-refractivity contribution in [2.45, 2.75) is 19.4 Å². The summed E-state index contributed by atoms with van der Waals surface area (Å²) in [6.45, 7) is 1.40. The van der Waals surface area contributed by atoms with Gasteiger partial charge in [-0.05, 0) is 29.7 Å². The van der Waals surface area contributed by atoms with Gasteiger partial charge in [0, 0.05) is 26.1 Å². The second-order valence-electron chi connectivity index (χ2n) is 6.39. The molecule has 0 aromatic heterocycles. The standard InChI is InChI=1S/C20H18N2O3/c23-18(21-11-9-14-5-1-2-6-15(14)13-21)10-12-22-19(24)16-7-3-4-8-17(16)20(22)25/h1-8H,9-13H2. The molecular weight excluding hydrogens is 316 g/mol. The Morgan fingerprint density at radius 3 is 2.16 bits per heavy atom. The van der Waals surface area contributed by atoms with Crippen LogP contribution in [0.1, 0.15) is 38.3 Å². The highest BCUT2D eigenvalue weighted by Crippen LogP contribution is 2.23. The lowest BCUT2D eigenvalue weighted by Crippen LogP contribution is -2.39. The van der Waals surface area contributed by atoms with Gasteiger partial charge in [0.05, 0.1) is 11.1 Å². The maximum Gasteiger partial charge on any atom is 0.261 e. The molecule has 2 aromatic carbocycles. The zero-order valence-corrected chi connectivity index (χ0v) is 13.8. The molecule has 5 heteroatoms. The minimum absolute atomic E-state index is 0.0222. The summed E-state index contributed by atoms with van der Waals surface area (Å²) in [4.78, 5) is 40.2. The first kappa shape index (κ1) is 15.6. The number of fused-ring (bicyclic) bond motifs is 2. The Kier molecular flexibility index (Phi) is 3.84. The zero-order chi connectivity index (χ0) is 17.4. The zero-order valence-electron chi connectivity index (χ0n) is 13.8. The molecule has 2 aromatic rings. The van der Waals surface area contributed by atoms with Crippen LogP contribution in [0.5, 0.6) is 0 Å². The third-order valence-electron chi connectivity index (χ3n) is 4.91. The molecule has 2 aliphatic rings. The summed E-state index contributed by atoms with van der Waals surface area (Å²) in [6, 6.07) is 14.9. The van der Waals surface area contributed by atoms with E-state index in [1.165, 1.54) is 16.0 Å². The van der Waals surface area contributed by atoms with E-state index in [0.717, 1.165) is 6.42 Å². The smallest absolute Gasteiger partial charge is 0.261 e. The molecule has 0 N–H and O–H groups in total. The van der Waals surface area contributed by atoms with E-state index in [9.17, 15) is 14.4 Å². The summed E-state index contributed by atoms with van der Waals surface area (Å²) < 4.78 is 0. The number of hydrogen-bond donors (Lipinski definition) is 0. The monoisotopic (exact) mass is 334 g/mol. The lowest BCUT2D eigenvalue weighted by Gasteiger charge is -2.29. The van der Waals surface area contributed by atoms with Crippen LogP contribution in [-0.4, -0.2) is 40.6 Å². The molecule has 0 spiro atoms. The van der Waals surface area contributed by atoms with Gasteiger partial charge in [-0.3, -0.25) is 19.3 Å². The molecule has 25 heavy (non-hydrogen) atoms. The van der Waals surface area contributed by atoms with Crippen molar-refractivity contribution in [1.82, 2.24) is 9.80 Å². The minimum Gasteiger partial charge on any atom is -0.338 e. The third kappa shape index (κ3) is 2.71. The quantitative estimate of drug-likeness (QED) is 0.809. The molecule has 0 saturated heterocycles. The van der Waals surface area contributed by atoms with E-state index in [0.29, 0.717) is 24.2 Å². The molecular formula is C20H18N2O3. The lowest BCUT2D eigenvalue weighted by atomic mass is 10.00. The van der Waals surface area contributed by atoms with Gasteiger partial charge in [-0.15, -0.1) is 0 Å². The molecule has 0 unspecified atom stereocenters. The highest BCUT2D eigenvalue weighted by atomic mass is 16.2. The summed E-state index contributed by atoms with van der Waals surface area (Å²) in [5.74, 6) is -0.638. The van der Waals surface area contributed by atoms with Crippen LogP contribution >= 0.6 is 0 Å². The lowest BCUT2D eigenvalue weighted by molar-refractivity contribution is -0.132. The van der Waals surface area contributed by atoms with Crippen LogP contribution in [0.2, 0.25) is 0 Å². The normalized spacial score (nSPS) is 16.0. The number of hydrogen-bond acceptors (Lipinski definition) is 3. The summed E-state index contributed by atoms with van der Waals surface area (Å²) >= 11 is 0. The molecule has 0 fully saturated rings. The molecule has 0 radical (unpaired) electrons. The van der Waals surface area contributed by atoms with Crippen LogP contribution in [0.3, 0.4) is 0 Å². The van der Waals surface area contributed by atoms with E-state index in [4.69, 9.17) is 0 Å². The Balaban J connectivity index is 1.40. The van der Waals surface area contributed by atoms with Crippen molar-refractivity contribution in [3.05, 3.63) is 70.8 Å². The SMILES string of the molecule is O=C(CCN1C(=O)c2ccccc2C1=O)N1CCc2ccccc2C1. The summed E-state index contributed by atoms with van der Waals surface area (Å²) in [6.07, 6.45) is 1.00. The predicted molar refractivity (Wildman–Crippen MR) is 92.0 cm³/mol. The minimum atomic E-state index is -0.308. The van der Waals surface area contributed by atoms with Crippen LogP contribution in [-0.2, 0) is 17.8 Å². The maximum absolute atomic E-state index is 12.5. The van der Waals surface area contributed by atoms with Gasteiger partial charge in [0.15, 0.2) is 0 Å².